The van der Waals surface area contributed by atoms with Gasteiger partial charge >= 0.3 is 11.4 Å². The molecule has 0 spiro atoms. The first-order valence-electron chi connectivity index (χ1n) is 16.0. The summed E-state index contributed by atoms with van der Waals surface area (Å²) in [6.07, 6.45) is 10.1. The summed E-state index contributed by atoms with van der Waals surface area (Å²) in [5.41, 5.74) is 2.59. The van der Waals surface area contributed by atoms with Crippen LogP contribution in [0.1, 0.15) is 51.4 Å². The van der Waals surface area contributed by atoms with Crippen molar-refractivity contribution in [3.05, 3.63) is 76.9 Å². The van der Waals surface area contributed by atoms with Gasteiger partial charge in [0.1, 0.15) is 22.6 Å². The topological polar surface area (TPSA) is 258 Å². The number of nitrogens with zero attached hydrogens (tertiary/aromatic N) is 6. The highest BCUT2D eigenvalue weighted by molar-refractivity contribution is 5.74. The van der Waals surface area contributed by atoms with E-state index >= 15 is 0 Å². The van der Waals surface area contributed by atoms with Gasteiger partial charge in [-0.25, -0.2) is 0 Å². The lowest BCUT2D eigenvalue weighted by molar-refractivity contribution is -0.393. The minimum Gasteiger partial charge on any atom is -0.375 e. The van der Waals surface area contributed by atoms with Gasteiger partial charge in [-0.15, -0.1) is 0 Å². The van der Waals surface area contributed by atoms with Crippen molar-refractivity contribution in [3.63, 3.8) is 0 Å². The van der Waals surface area contributed by atoms with Crippen LogP contribution in [0.15, 0.2) is 46.6 Å². The number of hydrogen-bond acceptors (Lipinski definition) is 16. The lowest BCUT2D eigenvalue weighted by atomic mass is 9.92. The molecule has 0 radical (unpaired) electrons. The van der Waals surface area contributed by atoms with Crippen molar-refractivity contribution in [2.45, 2.75) is 74.8 Å². The van der Waals surface area contributed by atoms with Crippen molar-refractivity contribution in [1.82, 2.24) is 0 Å². The molecule has 0 bridgehead atoms. The Morgan fingerprint density at radius 1 is 0.620 bits per heavy atom. The van der Waals surface area contributed by atoms with Crippen LogP contribution in [-0.4, -0.2) is 82.0 Å². The van der Waals surface area contributed by atoms with Crippen LogP contribution >= 0.6 is 0 Å². The van der Waals surface area contributed by atoms with Crippen LogP contribution in [0, 0.1) is 40.5 Å². The Bertz CT molecular complexity index is 1510. The quantitative estimate of drug-likeness (QED) is 0.163. The minimum atomic E-state index is -0.688. The van der Waals surface area contributed by atoms with Crippen LogP contribution in [0.4, 0.5) is 34.1 Å². The fourth-order valence-corrected chi connectivity index (χ4v) is 6.35. The zero-order valence-corrected chi connectivity index (χ0v) is 26.8. The molecule has 0 amide bonds. The minimum absolute atomic E-state index is 0.0762. The number of ether oxygens (including phenoxy) is 4. The molecule has 50 heavy (non-hydrogen) atoms. The van der Waals surface area contributed by atoms with Gasteiger partial charge in [-0.3, -0.25) is 51.3 Å². The van der Waals surface area contributed by atoms with E-state index in [4.69, 9.17) is 18.9 Å². The van der Waals surface area contributed by atoms with E-state index in [1.807, 2.05) is 0 Å². The van der Waals surface area contributed by atoms with Crippen molar-refractivity contribution in [2.75, 3.05) is 37.3 Å². The van der Waals surface area contributed by atoms with Gasteiger partial charge in [-0.1, -0.05) is 0 Å². The fraction of sp³-hybridized carbons (Fsp3) is 0.533. The zero-order valence-electron chi connectivity index (χ0n) is 26.8. The zero-order chi connectivity index (χ0) is 35.7. The normalized spacial score (nSPS) is 26.2. The molecule has 4 aliphatic heterocycles. The monoisotopic (exact) mass is 700 g/mol. The van der Waals surface area contributed by atoms with Gasteiger partial charge < -0.3 is 18.9 Å². The smallest absolute Gasteiger partial charge is 0.301 e. The maximum Gasteiger partial charge on any atom is 0.301 e. The molecule has 0 aromatic heterocycles. The molecule has 0 unspecified atom stereocenters. The molecular weight excluding hydrogens is 664 g/mol. The molecule has 20 nitrogen and oxygen atoms in total. The number of anilines is 2. The summed E-state index contributed by atoms with van der Waals surface area (Å²) in [5.74, 6) is 0. The highest BCUT2D eigenvalue weighted by atomic mass is 16.6. The van der Waals surface area contributed by atoms with Crippen molar-refractivity contribution in [1.29, 1.82) is 0 Å². The molecule has 4 aliphatic rings. The van der Waals surface area contributed by atoms with E-state index in [1.54, 1.807) is 12.4 Å². The molecule has 4 heterocycles. The summed E-state index contributed by atoms with van der Waals surface area (Å²) in [7, 11) is 0. The molecule has 4 saturated heterocycles. The van der Waals surface area contributed by atoms with Gasteiger partial charge in [0.05, 0.1) is 56.5 Å². The van der Waals surface area contributed by atoms with Crippen LogP contribution < -0.4 is 10.9 Å². The average Bonchev–Trinajstić information content (AvgIpc) is 3.93. The van der Waals surface area contributed by atoms with E-state index in [0.717, 1.165) is 63.5 Å². The lowest BCUT2D eigenvalue weighted by Gasteiger charge is -2.29. The molecule has 6 rings (SSSR count). The summed E-state index contributed by atoms with van der Waals surface area (Å²) >= 11 is 0. The molecule has 0 aliphatic carbocycles. The molecule has 268 valence electrons. The second kappa shape index (κ2) is 16.0. The van der Waals surface area contributed by atoms with Crippen molar-refractivity contribution >= 4 is 46.6 Å². The molecular formula is C30H36N8O12. The number of nitrogens with one attached hydrogen (secondary N) is 2. The van der Waals surface area contributed by atoms with Crippen molar-refractivity contribution in [2.24, 2.45) is 10.2 Å². The van der Waals surface area contributed by atoms with E-state index in [-0.39, 0.29) is 35.0 Å². The summed E-state index contributed by atoms with van der Waals surface area (Å²) < 4.78 is 23.1. The number of hydrazone groups is 2. The van der Waals surface area contributed by atoms with E-state index in [0.29, 0.717) is 26.4 Å². The molecule has 2 aromatic rings. The molecule has 2 N–H and O–H groups in total. The third-order valence-corrected chi connectivity index (χ3v) is 8.83. The Hall–Kier alpha value is -5.18. The Balaban J connectivity index is 0.000000194. The second-order valence-electron chi connectivity index (χ2n) is 12.0. The molecule has 2 aromatic carbocycles. The van der Waals surface area contributed by atoms with E-state index in [9.17, 15) is 40.5 Å². The summed E-state index contributed by atoms with van der Waals surface area (Å²) in [4.78, 5) is 41.1. The van der Waals surface area contributed by atoms with E-state index in [2.05, 4.69) is 21.1 Å². The number of nitro groups is 4. The van der Waals surface area contributed by atoms with Gasteiger partial charge in [-0.2, -0.15) is 10.2 Å². The number of benzene rings is 2. The molecule has 4 atom stereocenters. The largest absolute Gasteiger partial charge is 0.375 e. The first-order chi connectivity index (χ1) is 24.0. The maximum atomic E-state index is 11.1. The lowest BCUT2D eigenvalue weighted by Crippen LogP contribution is -2.43. The van der Waals surface area contributed by atoms with Gasteiger partial charge in [0.15, 0.2) is 0 Å². The van der Waals surface area contributed by atoms with Crippen molar-refractivity contribution < 1.29 is 38.6 Å². The van der Waals surface area contributed by atoms with E-state index in [1.165, 1.54) is 24.3 Å². The van der Waals surface area contributed by atoms with Gasteiger partial charge in [-0.05, 0) is 63.5 Å². The maximum absolute atomic E-state index is 11.1. The molecule has 4 fully saturated rings. The van der Waals surface area contributed by atoms with Crippen molar-refractivity contribution in [3.8, 4) is 0 Å². The van der Waals surface area contributed by atoms with E-state index < -0.39 is 42.3 Å². The predicted molar refractivity (Wildman–Crippen MR) is 178 cm³/mol. The Morgan fingerprint density at radius 2 is 1.04 bits per heavy atom. The van der Waals surface area contributed by atoms with Gasteiger partial charge in [0.25, 0.3) is 11.4 Å². The van der Waals surface area contributed by atoms with Gasteiger partial charge in [0, 0.05) is 38.6 Å². The van der Waals surface area contributed by atoms with Crippen LogP contribution in [0.25, 0.3) is 0 Å². The second-order valence-corrected chi connectivity index (χ2v) is 12.0. The highest BCUT2D eigenvalue weighted by Gasteiger charge is 2.45. The molecule has 0 saturated carbocycles. The number of hydrogen-bond donors (Lipinski definition) is 2. The number of rotatable bonds is 12. The third kappa shape index (κ3) is 8.33. The van der Waals surface area contributed by atoms with Crippen LogP contribution in [0.5, 0.6) is 0 Å². The van der Waals surface area contributed by atoms with Crippen LogP contribution in [0.3, 0.4) is 0 Å². The summed E-state index contributed by atoms with van der Waals surface area (Å²) in [6, 6.07) is 6.71. The Kier molecular flexibility index (Phi) is 11.6. The average molecular weight is 701 g/mol. The fourth-order valence-electron chi connectivity index (χ4n) is 6.35. The first kappa shape index (κ1) is 36.1. The van der Waals surface area contributed by atoms with Crippen LogP contribution in [0.2, 0.25) is 0 Å². The Morgan fingerprint density at radius 3 is 1.34 bits per heavy atom. The number of nitro benzene ring substituents is 4. The highest BCUT2D eigenvalue weighted by Crippen LogP contribution is 2.36. The number of non-ortho nitro benzene ring substituents is 2. The summed E-state index contributed by atoms with van der Waals surface area (Å²) in [5, 5.41) is 52.0. The SMILES string of the molecule is O=[N+]([O-])c1ccc(N/N=C/[C@@]2([C@@H]3CCCO3)CCCO2)c([N+](=O)[O-])c1.O=[N+]([O-])c1ccc(N/N=C/[C@@]2([C@@H]3CCCO3)CCCO2)c([N+](=O)[O-])c1. The van der Waals surface area contributed by atoms with Gasteiger partial charge in [0.2, 0.25) is 0 Å². The third-order valence-electron chi connectivity index (χ3n) is 8.83. The van der Waals surface area contributed by atoms with Crippen LogP contribution in [-0.2, 0) is 18.9 Å². The standard InChI is InChI=1S/2C15H18N4O6/c2*20-18(21)11-4-5-12(13(9-11)19(22)23)17-16-10-15(6-2-8-25-15)14-3-1-7-24-14/h2*4-5,9-10,14,17H,1-3,6-8H2/b2*16-10+/t2*14-,15+/m00/s1. The predicted octanol–water partition coefficient (Wildman–Crippen LogP) is 5.26. The first-order valence-corrected chi connectivity index (χ1v) is 16.0. The Labute approximate surface area is 284 Å². The summed E-state index contributed by atoms with van der Waals surface area (Å²) in [6.45, 7) is 2.60. The molecule has 20 heteroatoms.